The number of hydrogen-bond acceptors (Lipinski definition) is 4. The summed E-state index contributed by atoms with van der Waals surface area (Å²) in [5.74, 6) is -1.06. The van der Waals surface area contributed by atoms with Gasteiger partial charge in [-0.25, -0.2) is 0 Å². The summed E-state index contributed by atoms with van der Waals surface area (Å²) in [5, 5.41) is 11.8. The number of ether oxygens (including phenoxy) is 1. The Kier molecular flexibility index (Phi) is 6.80. The maximum absolute atomic E-state index is 13.3. The molecule has 37 heavy (non-hydrogen) atoms. The number of carbonyl (C=O) groups excluding carboxylic acids is 2. The molecule has 1 aliphatic heterocycles. The van der Waals surface area contributed by atoms with E-state index in [1.54, 1.807) is 42.5 Å². The summed E-state index contributed by atoms with van der Waals surface area (Å²) in [6.45, 7) is 2.28. The Hall–Kier alpha value is -4.35. The second-order valence-electron chi connectivity index (χ2n) is 8.81. The summed E-state index contributed by atoms with van der Waals surface area (Å²) in [6.07, 6.45) is 0. The number of aliphatic hydroxyl groups is 1. The topological polar surface area (TPSA) is 66.8 Å². The van der Waals surface area contributed by atoms with Gasteiger partial charge in [-0.1, -0.05) is 78.3 Å². The molecule has 1 amide bonds. The molecule has 184 valence electrons. The van der Waals surface area contributed by atoms with Crippen molar-refractivity contribution in [1.29, 1.82) is 0 Å². The number of anilines is 1. The predicted octanol–water partition coefficient (Wildman–Crippen LogP) is 6.85. The zero-order valence-electron chi connectivity index (χ0n) is 20.1. The maximum Gasteiger partial charge on any atom is 0.300 e. The highest BCUT2D eigenvalue weighted by Crippen LogP contribution is 2.42. The predicted molar refractivity (Wildman–Crippen MR) is 145 cm³/mol. The molecule has 0 bridgehead atoms. The quantitative estimate of drug-likeness (QED) is 0.175. The molecule has 0 saturated carbocycles. The van der Waals surface area contributed by atoms with Gasteiger partial charge in [-0.05, 0) is 60.0 Å². The van der Waals surface area contributed by atoms with Crippen molar-refractivity contribution in [2.45, 2.75) is 19.6 Å². The fourth-order valence-electron chi connectivity index (χ4n) is 4.53. The smallest absolute Gasteiger partial charge is 0.300 e. The fraction of sp³-hybridized carbons (Fsp3) is 0.0968. The molecule has 5 nitrogen and oxygen atoms in total. The summed E-state index contributed by atoms with van der Waals surface area (Å²) in [6, 6.07) is 30.2. The molecule has 5 rings (SSSR count). The molecule has 1 saturated heterocycles. The zero-order valence-corrected chi connectivity index (χ0v) is 20.9. The highest BCUT2D eigenvalue weighted by Gasteiger charge is 2.47. The lowest BCUT2D eigenvalue weighted by atomic mass is 9.94. The average molecular weight is 510 g/mol. The van der Waals surface area contributed by atoms with Crippen LogP contribution in [0.25, 0.3) is 5.76 Å². The third-order valence-corrected chi connectivity index (χ3v) is 6.57. The van der Waals surface area contributed by atoms with Gasteiger partial charge >= 0.3 is 0 Å². The highest BCUT2D eigenvalue weighted by molar-refractivity contribution is 6.51. The first-order valence-corrected chi connectivity index (χ1v) is 12.2. The molecular formula is C31H24ClNO4. The van der Waals surface area contributed by atoms with E-state index in [0.717, 1.165) is 11.1 Å². The number of carbonyl (C=O) groups is 2. The molecule has 4 aromatic rings. The lowest BCUT2D eigenvalue weighted by Gasteiger charge is -2.25. The van der Waals surface area contributed by atoms with Gasteiger partial charge in [0.15, 0.2) is 0 Å². The van der Waals surface area contributed by atoms with Crippen LogP contribution in [0.1, 0.15) is 28.3 Å². The van der Waals surface area contributed by atoms with Gasteiger partial charge in [0.1, 0.15) is 18.1 Å². The van der Waals surface area contributed by atoms with Gasteiger partial charge in [0, 0.05) is 16.3 Å². The number of rotatable bonds is 6. The third-order valence-electron chi connectivity index (χ3n) is 6.33. The van der Waals surface area contributed by atoms with Crippen LogP contribution >= 0.6 is 11.6 Å². The van der Waals surface area contributed by atoms with E-state index in [-0.39, 0.29) is 11.3 Å². The molecule has 1 atom stereocenters. The van der Waals surface area contributed by atoms with Gasteiger partial charge < -0.3 is 9.84 Å². The number of aliphatic hydroxyl groups excluding tert-OH is 1. The standard InChI is InChI=1S/C31H24ClNO4/c1-20-17-23(15-16-26(20)37-19-21-9-4-2-5-10-21)29(34)27-28(22-11-6-3-7-12-22)33(31(36)30(27)35)25-14-8-13-24(32)18-25/h2-18,28,34H,19H2,1H3/b29-27+. The zero-order chi connectivity index (χ0) is 25.9. The first-order valence-electron chi connectivity index (χ1n) is 11.8. The Labute approximate surface area is 220 Å². The van der Waals surface area contributed by atoms with E-state index in [1.165, 1.54) is 4.90 Å². The largest absolute Gasteiger partial charge is 0.507 e. The van der Waals surface area contributed by atoms with Gasteiger partial charge in [0.05, 0.1) is 11.6 Å². The summed E-state index contributed by atoms with van der Waals surface area (Å²) in [7, 11) is 0. The van der Waals surface area contributed by atoms with Crippen LogP contribution in [0.4, 0.5) is 5.69 Å². The van der Waals surface area contributed by atoms with E-state index >= 15 is 0 Å². The van der Waals surface area contributed by atoms with Crippen molar-refractivity contribution in [2.75, 3.05) is 4.90 Å². The van der Waals surface area contributed by atoms with E-state index < -0.39 is 17.7 Å². The Morgan fingerprint density at radius 2 is 1.59 bits per heavy atom. The highest BCUT2D eigenvalue weighted by atomic mass is 35.5. The van der Waals surface area contributed by atoms with E-state index in [2.05, 4.69) is 0 Å². The Morgan fingerprint density at radius 1 is 0.892 bits per heavy atom. The van der Waals surface area contributed by atoms with Gasteiger partial charge in [0.2, 0.25) is 0 Å². The number of Topliss-reactive ketones (excluding diaryl/α,β-unsaturated/α-hetero) is 1. The molecule has 0 radical (unpaired) electrons. The fourth-order valence-corrected chi connectivity index (χ4v) is 4.71. The Balaban J connectivity index is 1.55. The van der Waals surface area contributed by atoms with E-state index in [9.17, 15) is 14.7 Å². The SMILES string of the molecule is Cc1cc(/C(O)=C2\C(=O)C(=O)N(c3cccc(Cl)c3)C2c2ccccc2)ccc1OCc1ccccc1. The second-order valence-corrected chi connectivity index (χ2v) is 9.25. The minimum absolute atomic E-state index is 0.0218. The van der Waals surface area contributed by atoms with Crippen LogP contribution in [0.3, 0.4) is 0 Å². The number of hydrogen-bond donors (Lipinski definition) is 1. The minimum atomic E-state index is -0.811. The van der Waals surface area contributed by atoms with Crippen molar-refractivity contribution >= 4 is 34.7 Å². The number of halogens is 1. The molecule has 4 aromatic carbocycles. The summed E-state index contributed by atoms with van der Waals surface area (Å²) in [4.78, 5) is 28.0. The number of aryl methyl sites for hydroxylation is 1. The van der Waals surface area contributed by atoms with Gasteiger partial charge in [0.25, 0.3) is 11.7 Å². The molecule has 0 aromatic heterocycles. The molecule has 0 aliphatic carbocycles. The van der Waals surface area contributed by atoms with Crippen molar-refractivity contribution in [3.05, 3.63) is 136 Å². The first kappa shape index (κ1) is 24.3. The van der Waals surface area contributed by atoms with Crippen LogP contribution in [-0.2, 0) is 16.2 Å². The number of nitrogens with zero attached hydrogens (tertiary/aromatic N) is 1. The Bertz CT molecular complexity index is 1500. The molecule has 1 heterocycles. The van der Waals surface area contributed by atoms with Crippen LogP contribution in [-0.4, -0.2) is 16.8 Å². The van der Waals surface area contributed by atoms with Crippen molar-refractivity contribution in [3.63, 3.8) is 0 Å². The summed E-state index contributed by atoms with van der Waals surface area (Å²) in [5.41, 5.74) is 3.45. The molecular weight excluding hydrogens is 486 g/mol. The lowest BCUT2D eigenvalue weighted by molar-refractivity contribution is -0.132. The maximum atomic E-state index is 13.3. The van der Waals surface area contributed by atoms with Crippen LogP contribution in [0, 0.1) is 6.92 Å². The summed E-state index contributed by atoms with van der Waals surface area (Å²) < 4.78 is 5.96. The normalized spacial score (nSPS) is 16.7. The van der Waals surface area contributed by atoms with Crippen LogP contribution in [0.2, 0.25) is 5.02 Å². The molecule has 1 aliphatic rings. The van der Waals surface area contributed by atoms with Crippen LogP contribution < -0.4 is 9.64 Å². The molecule has 0 spiro atoms. The van der Waals surface area contributed by atoms with Gasteiger partial charge in [-0.15, -0.1) is 0 Å². The Morgan fingerprint density at radius 3 is 2.27 bits per heavy atom. The van der Waals surface area contributed by atoms with Crippen molar-refractivity contribution < 1.29 is 19.4 Å². The van der Waals surface area contributed by atoms with E-state index in [0.29, 0.717) is 34.2 Å². The lowest BCUT2D eigenvalue weighted by Crippen LogP contribution is -2.29. The number of ketones is 1. The molecule has 1 N–H and O–H groups in total. The van der Waals surface area contributed by atoms with E-state index in [1.807, 2.05) is 67.6 Å². The number of benzene rings is 4. The van der Waals surface area contributed by atoms with Crippen LogP contribution in [0.15, 0.2) is 109 Å². The van der Waals surface area contributed by atoms with Crippen LogP contribution in [0.5, 0.6) is 5.75 Å². The monoisotopic (exact) mass is 509 g/mol. The first-order chi connectivity index (χ1) is 17.9. The van der Waals surface area contributed by atoms with Crippen molar-refractivity contribution in [2.24, 2.45) is 0 Å². The molecule has 1 fully saturated rings. The van der Waals surface area contributed by atoms with Gasteiger partial charge in [-0.3, -0.25) is 14.5 Å². The third kappa shape index (κ3) is 4.86. The van der Waals surface area contributed by atoms with Gasteiger partial charge in [-0.2, -0.15) is 0 Å². The minimum Gasteiger partial charge on any atom is -0.507 e. The number of amides is 1. The van der Waals surface area contributed by atoms with E-state index in [4.69, 9.17) is 16.3 Å². The van der Waals surface area contributed by atoms with Crippen molar-refractivity contribution in [3.8, 4) is 5.75 Å². The average Bonchev–Trinajstić information content (AvgIpc) is 3.18. The van der Waals surface area contributed by atoms with Crippen molar-refractivity contribution in [1.82, 2.24) is 0 Å². The molecule has 6 heteroatoms. The second kappa shape index (κ2) is 10.3. The summed E-state index contributed by atoms with van der Waals surface area (Å²) >= 11 is 6.20. The molecule has 1 unspecified atom stereocenters.